The van der Waals surface area contributed by atoms with Crippen molar-refractivity contribution >= 4 is 0 Å². The van der Waals surface area contributed by atoms with E-state index in [1.165, 1.54) is 5.56 Å². The van der Waals surface area contributed by atoms with Crippen molar-refractivity contribution in [3.8, 4) is 0 Å². The molecule has 0 bridgehead atoms. The van der Waals surface area contributed by atoms with Gasteiger partial charge in [0.2, 0.25) is 0 Å². The molecule has 3 heteroatoms. The van der Waals surface area contributed by atoms with Crippen LogP contribution in [0.1, 0.15) is 18.5 Å². The Morgan fingerprint density at radius 2 is 1.88 bits per heavy atom. The molecule has 0 heterocycles. The lowest BCUT2D eigenvalue weighted by molar-refractivity contribution is 0.118. The highest BCUT2D eigenvalue weighted by Crippen LogP contribution is 2.10. The van der Waals surface area contributed by atoms with Gasteiger partial charge in [-0.25, -0.2) is 0 Å². The van der Waals surface area contributed by atoms with Crippen LogP contribution in [0.25, 0.3) is 0 Å². The smallest absolute Gasteiger partial charge is 0.0593 e. The largest absolute Gasteiger partial charge is 0.379 e. The molecule has 0 spiro atoms. The predicted molar refractivity (Wildman–Crippen MR) is 72.2 cm³/mol. The van der Waals surface area contributed by atoms with Crippen LogP contribution in [0.15, 0.2) is 30.3 Å². The average Bonchev–Trinajstić information content (AvgIpc) is 2.34. The molecule has 0 aliphatic heterocycles. The zero-order chi connectivity index (χ0) is 12.5. The Hall–Kier alpha value is -0.900. The predicted octanol–water partition coefficient (Wildman–Crippen LogP) is 1.92. The summed E-state index contributed by atoms with van der Waals surface area (Å²) >= 11 is 0. The number of rotatable bonds is 8. The average molecular weight is 236 g/mol. The van der Waals surface area contributed by atoms with Crippen molar-refractivity contribution in [2.75, 3.05) is 40.4 Å². The van der Waals surface area contributed by atoms with Crippen molar-refractivity contribution in [2.24, 2.45) is 0 Å². The van der Waals surface area contributed by atoms with Crippen molar-refractivity contribution in [1.82, 2.24) is 10.2 Å². The molecule has 1 atom stereocenters. The van der Waals surface area contributed by atoms with Crippen molar-refractivity contribution < 1.29 is 4.74 Å². The summed E-state index contributed by atoms with van der Waals surface area (Å²) in [6.45, 7) is 5.62. The molecule has 0 aromatic heterocycles. The first kappa shape index (κ1) is 14.2. The SMILES string of the molecule is CC(NCCOCCN(C)C)c1ccccc1. The van der Waals surface area contributed by atoms with E-state index in [0.29, 0.717) is 6.04 Å². The number of ether oxygens (including phenoxy) is 1. The molecular formula is C14H24N2O. The molecule has 3 nitrogen and oxygen atoms in total. The highest BCUT2D eigenvalue weighted by molar-refractivity contribution is 5.17. The van der Waals surface area contributed by atoms with Crippen LogP contribution in [0.2, 0.25) is 0 Å². The van der Waals surface area contributed by atoms with Gasteiger partial charge in [0, 0.05) is 19.1 Å². The zero-order valence-corrected chi connectivity index (χ0v) is 11.1. The third-order valence-electron chi connectivity index (χ3n) is 2.68. The number of nitrogens with one attached hydrogen (secondary N) is 1. The summed E-state index contributed by atoms with van der Waals surface area (Å²) in [6.07, 6.45) is 0. The van der Waals surface area contributed by atoms with Crippen LogP contribution < -0.4 is 5.32 Å². The fourth-order valence-corrected chi connectivity index (χ4v) is 1.56. The van der Waals surface area contributed by atoms with E-state index < -0.39 is 0 Å². The lowest BCUT2D eigenvalue weighted by Crippen LogP contribution is -2.25. The Morgan fingerprint density at radius 3 is 2.53 bits per heavy atom. The van der Waals surface area contributed by atoms with Crippen LogP contribution in [-0.4, -0.2) is 45.3 Å². The lowest BCUT2D eigenvalue weighted by atomic mass is 10.1. The van der Waals surface area contributed by atoms with Gasteiger partial charge in [0.25, 0.3) is 0 Å². The zero-order valence-electron chi connectivity index (χ0n) is 11.1. The van der Waals surface area contributed by atoms with Crippen LogP contribution in [0.4, 0.5) is 0 Å². The maximum absolute atomic E-state index is 5.53. The number of hydrogen-bond donors (Lipinski definition) is 1. The molecule has 1 rings (SSSR count). The molecule has 1 N–H and O–H groups in total. The van der Waals surface area contributed by atoms with E-state index in [1.54, 1.807) is 0 Å². The fraction of sp³-hybridized carbons (Fsp3) is 0.571. The number of likely N-dealkylation sites (N-methyl/N-ethyl adjacent to an activating group) is 1. The summed E-state index contributed by atoms with van der Waals surface area (Å²) in [5.74, 6) is 0. The summed E-state index contributed by atoms with van der Waals surface area (Å²) in [6, 6.07) is 10.9. The number of hydrogen-bond acceptors (Lipinski definition) is 3. The summed E-state index contributed by atoms with van der Waals surface area (Å²) < 4.78 is 5.53. The van der Waals surface area contributed by atoms with Gasteiger partial charge in [-0.15, -0.1) is 0 Å². The quantitative estimate of drug-likeness (QED) is 0.698. The van der Waals surface area contributed by atoms with Crippen molar-refractivity contribution in [2.45, 2.75) is 13.0 Å². The van der Waals surface area contributed by atoms with Gasteiger partial charge in [-0.1, -0.05) is 30.3 Å². The van der Waals surface area contributed by atoms with Crippen molar-refractivity contribution in [3.05, 3.63) is 35.9 Å². The lowest BCUT2D eigenvalue weighted by Gasteiger charge is -2.14. The topological polar surface area (TPSA) is 24.5 Å². The number of benzene rings is 1. The summed E-state index contributed by atoms with van der Waals surface area (Å²) in [5.41, 5.74) is 1.32. The Balaban J connectivity index is 2.07. The molecule has 96 valence electrons. The molecule has 0 amide bonds. The monoisotopic (exact) mass is 236 g/mol. The molecular weight excluding hydrogens is 212 g/mol. The molecule has 17 heavy (non-hydrogen) atoms. The summed E-state index contributed by atoms with van der Waals surface area (Å²) in [7, 11) is 4.11. The van der Waals surface area contributed by atoms with Gasteiger partial charge in [-0.3, -0.25) is 0 Å². The second-order valence-corrected chi connectivity index (χ2v) is 4.50. The molecule has 1 unspecified atom stereocenters. The maximum atomic E-state index is 5.53. The van der Waals surface area contributed by atoms with E-state index in [0.717, 1.165) is 26.3 Å². The molecule has 1 aromatic rings. The summed E-state index contributed by atoms with van der Waals surface area (Å²) in [5, 5.41) is 3.45. The van der Waals surface area contributed by atoms with Gasteiger partial charge in [-0.05, 0) is 26.6 Å². The maximum Gasteiger partial charge on any atom is 0.0593 e. The molecule has 1 aromatic carbocycles. The molecule has 0 aliphatic rings. The standard InChI is InChI=1S/C14H24N2O/c1-13(14-7-5-4-6-8-14)15-9-11-17-12-10-16(2)3/h4-8,13,15H,9-12H2,1-3H3. The minimum Gasteiger partial charge on any atom is -0.379 e. The first-order chi connectivity index (χ1) is 8.20. The van der Waals surface area contributed by atoms with E-state index in [2.05, 4.69) is 55.5 Å². The Labute approximate surface area is 105 Å². The van der Waals surface area contributed by atoms with Gasteiger partial charge in [-0.2, -0.15) is 0 Å². The van der Waals surface area contributed by atoms with Crippen LogP contribution in [-0.2, 0) is 4.74 Å². The first-order valence-electron chi connectivity index (χ1n) is 6.21. The molecule has 0 fully saturated rings. The van der Waals surface area contributed by atoms with Crippen LogP contribution in [0.3, 0.4) is 0 Å². The van der Waals surface area contributed by atoms with Gasteiger partial charge in [0.1, 0.15) is 0 Å². The van der Waals surface area contributed by atoms with E-state index in [9.17, 15) is 0 Å². The molecule has 0 aliphatic carbocycles. The normalized spacial score (nSPS) is 12.9. The van der Waals surface area contributed by atoms with E-state index >= 15 is 0 Å². The van der Waals surface area contributed by atoms with Gasteiger partial charge in [0.15, 0.2) is 0 Å². The van der Waals surface area contributed by atoms with E-state index in [1.807, 2.05) is 6.07 Å². The van der Waals surface area contributed by atoms with Crippen LogP contribution in [0.5, 0.6) is 0 Å². The minimum absolute atomic E-state index is 0.383. The second-order valence-electron chi connectivity index (χ2n) is 4.50. The Bertz CT molecular complexity index is 288. The number of nitrogens with zero attached hydrogens (tertiary/aromatic N) is 1. The second kappa shape index (κ2) is 8.23. The third kappa shape index (κ3) is 6.41. The first-order valence-corrected chi connectivity index (χ1v) is 6.21. The van der Waals surface area contributed by atoms with Crippen molar-refractivity contribution in [3.63, 3.8) is 0 Å². The van der Waals surface area contributed by atoms with Gasteiger partial charge >= 0.3 is 0 Å². The van der Waals surface area contributed by atoms with Crippen LogP contribution in [0, 0.1) is 0 Å². The highest BCUT2D eigenvalue weighted by Gasteiger charge is 2.02. The Morgan fingerprint density at radius 1 is 1.18 bits per heavy atom. The van der Waals surface area contributed by atoms with Crippen LogP contribution >= 0.6 is 0 Å². The Kier molecular flexibility index (Phi) is 6.86. The summed E-state index contributed by atoms with van der Waals surface area (Å²) in [4.78, 5) is 2.13. The van der Waals surface area contributed by atoms with Gasteiger partial charge in [0.05, 0.1) is 13.2 Å². The minimum atomic E-state index is 0.383. The third-order valence-corrected chi connectivity index (χ3v) is 2.68. The highest BCUT2D eigenvalue weighted by atomic mass is 16.5. The molecule has 0 saturated heterocycles. The van der Waals surface area contributed by atoms with Gasteiger partial charge < -0.3 is 15.0 Å². The van der Waals surface area contributed by atoms with E-state index in [4.69, 9.17) is 4.74 Å². The molecule has 0 radical (unpaired) electrons. The fourth-order valence-electron chi connectivity index (χ4n) is 1.56. The van der Waals surface area contributed by atoms with Crippen molar-refractivity contribution in [1.29, 1.82) is 0 Å². The molecule has 0 saturated carbocycles. The van der Waals surface area contributed by atoms with E-state index in [-0.39, 0.29) is 0 Å².